The normalized spacial score (nSPS) is 26.1. The molecule has 2 rings (SSSR count). The molecule has 0 spiro atoms. The van der Waals surface area contributed by atoms with Crippen molar-refractivity contribution >= 4 is 11.6 Å². The molecule has 3 atom stereocenters. The molecular formula is C18H28ClNO. The molecule has 1 N–H and O–H groups in total. The molecule has 0 radical (unpaired) electrons. The highest BCUT2D eigenvalue weighted by atomic mass is 35.5. The predicted molar refractivity (Wildman–Crippen MR) is 90.0 cm³/mol. The third-order valence-electron chi connectivity index (χ3n) is 4.58. The molecule has 0 heterocycles. The van der Waals surface area contributed by atoms with Gasteiger partial charge in [-0.2, -0.15) is 0 Å². The Morgan fingerprint density at radius 1 is 1.24 bits per heavy atom. The molecule has 1 aliphatic carbocycles. The van der Waals surface area contributed by atoms with Gasteiger partial charge in [0, 0.05) is 18.2 Å². The summed E-state index contributed by atoms with van der Waals surface area (Å²) >= 11 is 6.38. The van der Waals surface area contributed by atoms with Crippen molar-refractivity contribution in [3.05, 3.63) is 28.8 Å². The average molecular weight is 310 g/mol. The van der Waals surface area contributed by atoms with E-state index in [4.69, 9.17) is 16.3 Å². The highest BCUT2D eigenvalue weighted by Gasteiger charge is 2.26. The second kappa shape index (κ2) is 7.51. The Labute approximate surface area is 134 Å². The van der Waals surface area contributed by atoms with Crippen LogP contribution in [-0.4, -0.2) is 12.1 Å². The van der Waals surface area contributed by atoms with Gasteiger partial charge in [0.05, 0.1) is 11.1 Å². The number of halogens is 1. The molecule has 0 amide bonds. The van der Waals surface area contributed by atoms with Gasteiger partial charge in [-0.3, -0.25) is 0 Å². The first-order chi connectivity index (χ1) is 9.97. The van der Waals surface area contributed by atoms with Crippen LogP contribution >= 0.6 is 11.6 Å². The largest absolute Gasteiger partial charge is 0.489 e. The summed E-state index contributed by atoms with van der Waals surface area (Å²) in [4.78, 5) is 0. The van der Waals surface area contributed by atoms with E-state index in [1.807, 2.05) is 12.1 Å². The Morgan fingerprint density at radius 2 is 2.00 bits per heavy atom. The van der Waals surface area contributed by atoms with E-state index in [2.05, 4.69) is 39.1 Å². The zero-order valence-electron chi connectivity index (χ0n) is 13.7. The van der Waals surface area contributed by atoms with E-state index < -0.39 is 0 Å². The predicted octanol–water partition coefficient (Wildman–Crippen LogP) is 5.04. The van der Waals surface area contributed by atoms with E-state index in [-0.39, 0.29) is 0 Å². The Kier molecular flexibility index (Phi) is 5.95. The van der Waals surface area contributed by atoms with Gasteiger partial charge in [0.15, 0.2) is 0 Å². The molecule has 0 aromatic heterocycles. The molecule has 0 aliphatic heterocycles. The minimum absolute atomic E-state index is 0.300. The zero-order valence-corrected chi connectivity index (χ0v) is 14.4. The van der Waals surface area contributed by atoms with Crippen molar-refractivity contribution < 1.29 is 4.74 Å². The van der Waals surface area contributed by atoms with Gasteiger partial charge >= 0.3 is 0 Å². The van der Waals surface area contributed by atoms with Crippen molar-refractivity contribution in [2.45, 2.75) is 65.6 Å². The lowest BCUT2D eigenvalue weighted by Gasteiger charge is -2.33. The molecule has 2 nitrogen and oxygen atoms in total. The van der Waals surface area contributed by atoms with E-state index in [0.717, 1.165) is 47.6 Å². The third-order valence-corrected chi connectivity index (χ3v) is 4.88. The van der Waals surface area contributed by atoms with Crippen LogP contribution in [0.3, 0.4) is 0 Å². The monoisotopic (exact) mass is 309 g/mol. The minimum Gasteiger partial charge on any atom is -0.489 e. The zero-order chi connectivity index (χ0) is 15.4. The number of hydrogen-bond acceptors (Lipinski definition) is 2. The lowest BCUT2D eigenvalue weighted by molar-refractivity contribution is 0.0996. The first-order valence-electron chi connectivity index (χ1n) is 8.14. The van der Waals surface area contributed by atoms with Crippen molar-refractivity contribution in [2.75, 3.05) is 0 Å². The van der Waals surface area contributed by atoms with E-state index >= 15 is 0 Å². The molecule has 21 heavy (non-hydrogen) atoms. The Hall–Kier alpha value is -0.730. The minimum atomic E-state index is 0.300. The summed E-state index contributed by atoms with van der Waals surface area (Å²) in [6.45, 7) is 9.76. The summed E-state index contributed by atoms with van der Waals surface area (Å²) in [7, 11) is 0. The maximum absolute atomic E-state index is 6.38. The first-order valence-corrected chi connectivity index (χ1v) is 8.52. The topological polar surface area (TPSA) is 21.3 Å². The average Bonchev–Trinajstić information content (AvgIpc) is 2.43. The lowest BCUT2D eigenvalue weighted by atomic mass is 9.80. The van der Waals surface area contributed by atoms with Crippen LogP contribution in [0.2, 0.25) is 5.02 Å². The van der Waals surface area contributed by atoms with Crippen molar-refractivity contribution in [1.82, 2.24) is 5.32 Å². The van der Waals surface area contributed by atoms with E-state index in [1.165, 1.54) is 6.42 Å². The third kappa shape index (κ3) is 4.62. The smallest absolute Gasteiger partial charge is 0.142 e. The van der Waals surface area contributed by atoms with Gasteiger partial charge in [-0.15, -0.1) is 0 Å². The van der Waals surface area contributed by atoms with Crippen molar-refractivity contribution in [3.8, 4) is 5.75 Å². The maximum atomic E-state index is 6.38. The number of ether oxygens (including phenoxy) is 1. The molecule has 3 unspecified atom stereocenters. The Balaban J connectivity index is 2.08. The first kappa shape index (κ1) is 16.6. The lowest BCUT2D eigenvalue weighted by Crippen LogP contribution is -2.29. The number of hydrogen-bond donors (Lipinski definition) is 1. The summed E-state index contributed by atoms with van der Waals surface area (Å²) < 4.78 is 6.30. The van der Waals surface area contributed by atoms with Gasteiger partial charge in [0.2, 0.25) is 0 Å². The molecular weight excluding hydrogens is 282 g/mol. The number of benzene rings is 1. The summed E-state index contributed by atoms with van der Waals surface area (Å²) in [6.07, 6.45) is 3.81. The van der Waals surface area contributed by atoms with Crippen LogP contribution in [0.25, 0.3) is 0 Å². The van der Waals surface area contributed by atoms with Crippen LogP contribution in [-0.2, 0) is 6.54 Å². The Morgan fingerprint density at radius 3 is 2.67 bits per heavy atom. The van der Waals surface area contributed by atoms with Crippen LogP contribution in [0.1, 0.15) is 52.5 Å². The fraction of sp³-hybridized carbons (Fsp3) is 0.667. The molecule has 1 aliphatic rings. The van der Waals surface area contributed by atoms with Gasteiger partial charge in [-0.25, -0.2) is 0 Å². The van der Waals surface area contributed by atoms with Gasteiger partial charge in [0.1, 0.15) is 5.75 Å². The molecule has 1 saturated carbocycles. The second-order valence-corrected chi connectivity index (χ2v) is 7.18. The van der Waals surface area contributed by atoms with E-state index in [9.17, 15) is 0 Å². The van der Waals surface area contributed by atoms with Crippen LogP contribution < -0.4 is 10.1 Å². The van der Waals surface area contributed by atoms with Crippen LogP contribution in [0.15, 0.2) is 18.2 Å². The molecule has 0 saturated heterocycles. The van der Waals surface area contributed by atoms with Gasteiger partial charge in [-0.05, 0) is 37.2 Å². The summed E-state index contributed by atoms with van der Waals surface area (Å²) in [5, 5.41) is 4.17. The molecule has 1 aromatic carbocycles. The quantitative estimate of drug-likeness (QED) is 0.822. The van der Waals surface area contributed by atoms with Gasteiger partial charge in [-0.1, -0.05) is 51.4 Å². The van der Waals surface area contributed by atoms with Crippen molar-refractivity contribution in [2.24, 2.45) is 11.8 Å². The SMILES string of the molecule is CC(C)NCc1cccc(Cl)c1OC1CCC(C)C(C)C1. The summed E-state index contributed by atoms with van der Waals surface area (Å²) in [6, 6.07) is 6.47. The van der Waals surface area contributed by atoms with Crippen LogP contribution in [0, 0.1) is 11.8 Å². The maximum Gasteiger partial charge on any atom is 0.142 e. The van der Waals surface area contributed by atoms with Crippen LogP contribution in [0.5, 0.6) is 5.75 Å². The number of nitrogens with one attached hydrogen (secondary N) is 1. The fourth-order valence-corrected chi connectivity index (χ4v) is 3.15. The number of para-hydroxylation sites is 1. The highest BCUT2D eigenvalue weighted by molar-refractivity contribution is 6.32. The van der Waals surface area contributed by atoms with Gasteiger partial charge in [0.25, 0.3) is 0 Å². The van der Waals surface area contributed by atoms with Crippen LogP contribution in [0.4, 0.5) is 0 Å². The van der Waals surface area contributed by atoms with Crippen molar-refractivity contribution in [1.29, 1.82) is 0 Å². The standard InChI is InChI=1S/C18H28ClNO/c1-12(2)20-11-15-6-5-7-17(19)18(15)21-16-9-8-13(3)14(4)10-16/h5-7,12-14,16,20H,8-11H2,1-4H3. The van der Waals surface area contributed by atoms with E-state index in [1.54, 1.807) is 0 Å². The molecule has 0 bridgehead atoms. The summed E-state index contributed by atoms with van der Waals surface area (Å²) in [5.74, 6) is 2.40. The van der Waals surface area contributed by atoms with E-state index in [0.29, 0.717) is 12.1 Å². The molecule has 1 fully saturated rings. The Bertz CT molecular complexity index is 461. The fourth-order valence-electron chi connectivity index (χ4n) is 2.91. The summed E-state index contributed by atoms with van der Waals surface area (Å²) in [5.41, 5.74) is 1.16. The highest BCUT2D eigenvalue weighted by Crippen LogP contribution is 2.35. The molecule has 118 valence electrons. The van der Waals surface area contributed by atoms with Crippen molar-refractivity contribution in [3.63, 3.8) is 0 Å². The number of rotatable bonds is 5. The van der Waals surface area contributed by atoms with Gasteiger partial charge < -0.3 is 10.1 Å². The second-order valence-electron chi connectivity index (χ2n) is 6.77. The molecule has 3 heteroatoms. The molecule has 1 aromatic rings.